The van der Waals surface area contributed by atoms with E-state index in [9.17, 15) is 0 Å². The third-order valence-corrected chi connectivity index (χ3v) is 9.93. The molecule has 0 bridgehead atoms. The molecule has 0 unspecified atom stereocenters. The van der Waals surface area contributed by atoms with E-state index in [2.05, 4.69) is 185 Å². The largest absolute Gasteiger partial charge is 0.0526 e. The Balaban J connectivity index is 2.20. The van der Waals surface area contributed by atoms with E-state index in [1.54, 1.807) is 0 Å². The molecule has 0 radical (unpaired) electrons. The van der Waals surface area contributed by atoms with Crippen molar-refractivity contribution in [3.8, 4) is 22.3 Å². The lowest BCUT2D eigenvalue weighted by molar-refractivity contribution is 1.41. The summed E-state index contributed by atoms with van der Waals surface area (Å²) in [6, 6.07) is 15.8. The van der Waals surface area contributed by atoms with E-state index in [4.69, 9.17) is 0 Å². The molecule has 128 valence electrons. The Kier molecular flexibility index (Phi) is 8.03. The molecule has 3 aromatic rings. The maximum absolute atomic E-state index is 2.50. The van der Waals surface area contributed by atoms with Crippen LogP contribution >= 0.6 is 136 Å². The van der Waals surface area contributed by atoms with E-state index in [1.165, 1.54) is 49.2 Å². The molecule has 0 N–H and O–H groups in total. The van der Waals surface area contributed by atoms with Gasteiger partial charge in [0.25, 0.3) is 0 Å². The van der Waals surface area contributed by atoms with Crippen molar-refractivity contribution in [3.05, 3.63) is 69.4 Å². The second-order valence-electron chi connectivity index (χ2n) is 5.55. The van der Waals surface area contributed by atoms with Crippen LogP contribution in [0.1, 0.15) is 5.56 Å². The molecule has 0 aliphatic rings. The van der Waals surface area contributed by atoms with Crippen LogP contribution in [0.15, 0.2) is 42.5 Å². The number of aryl methyl sites for hydroxylation is 1. The summed E-state index contributed by atoms with van der Waals surface area (Å²) < 4.78 is 7.82. The van der Waals surface area contributed by atoms with Crippen molar-refractivity contribution >= 4 is 136 Å². The molecule has 0 atom stereocenters. The quantitative estimate of drug-likeness (QED) is 0.225. The highest BCUT2D eigenvalue weighted by molar-refractivity contribution is 14.1. The molecule has 0 nitrogen and oxygen atoms in total. The van der Waals surface area contributed by atoms with Gasteiger partial charge < -0.3 is 0 Å². The molecule has 25 heavy (non-hydrogen) atoms. The first-order chi connectivity index (χ1) is 11.8. The normalized spacial score (nSPS) is 11.0. The van der Waals surface area contributed by atoms with Crippen LogP contribution < -0.4 is 0 Å². The van der Waals surface area contributed by atoms with Gasteiger partial charge in [-0.25, -0.2) is 0 Å². The highest BCUT2D eigenvalue weighted by Gasteiger charge is 2.16. The summed E-state index contributed by atoms with van der Waals surface area (Å²) in [6.07, 6.45) is 0. The first-order valence-corrected chi connectivity index (χ1v) is 13.7. The predicted molar refractivity (Wildman–Crippen MR) is 158 cm³/mol. The molecule has 0 aromatic heterocycles. The van der Waals surface area contributed by atoms with Crippen LogP contribution in [0.4, 0.5) is 0 Å². The molecule has 0 aliphatic heterocycles. The molecule has 3 aromatic carbocycles. The van der Waals surface area contributed by atoms with Gasteiger partial charge >= 0.3 is 0 Å². The number of halogens is 6. The van der Waals surface area contributed by atoms with Gasteiger partial charge in [0.1, 0.15) is 0 Å². The lowest BCUT2D eigenvalue weighted by Crippen LogP contribution is -1.96. The second kappa shape index (κ2) is 9.24. The Morgan fingerprint density at radius 2 is 1.08 bits per heavy atom. The second-order valence-corrected chi connectivity index (χ2v) is 12.5. The summed E-state index contributed by atoms with van der Waals surface area (Å²) in [6.45, 7) is 2.16. The smallest absolute Gasteiger partial charge is 0.0349 e. The van der Waals surface area contributed by atoms with Crippen molar-refractivity contribution in [3.63, 3.8) is 0 Å². The van der Waals surface area contributed by atoms with Gasteiger partial charge in [0.05, 0.1) is 0 Å². The summed E-state index contributed by atoms with van der Waals surface area (Å²) in [5.41, 5.74) is 6.58. The molecule has 3 rings (SSSR count). The van der Waals surface area contributed by atoms with Crippen LogP contribution in [0.5, 0.6) is 0 Å². The van der Waals surface area contributed by atoms with Crippen molar-refractivity contribution in [2.75, 3.05) is 0 Å². The standard InChI is InChI=1S/C19H10I6/c1-9-4-15(22)17(16(23)5-9)14-3-2-13(18(24)19(14)25)10-6-11(20)8-12(21)7-10/h2-8H,1H3. The van der Waals surface area contributed by atoms with E-state index in [-0.39, 0.29) is 0 Å². The van der Waals surface area contributed by atoms with E-state index in [0.717, 1.165) is 0 Å². The van der Waals surface area contributed by atoms with Gasteiger partial charge in [0, 0.05) is 27.0 Å². The average Bonchev–Trinajstić information content (AvgIpc) is 2.49. The summed E-state index contributed by atoms with van der Waals surface area (Å²) in [4.78, 5) is 0. The zero-order valence-electron chi connectivity index (χ0n) is 12.8. The number of hydrogen-bond acceptors (Lipinski definition) is 0. The Hall–Kier alpha value is 2.04. The third-order valence-electron chi connectivity index (χ3n) is 3.71. The van der Waals surface area contributed by atoms with Gasteiger partial charge in [-0.3, -0.25) is 0 Å². The molecule has 0 amide bonds. The lowest BCUT2D eigenvalue weighted by Gasteiger charge is -2.15. The molecular formula is C19H10I6. The van der Waals surface area contributed by atoms with Crippen molar-refractivity contribution in [2.45, 2.75) is 6.92 Å². The van der Waals surface area contributed by atoms with Crippen molar-refractivity contribution in [1.29, 1.82) is 0 Å². The van der Waals surface area contributed by atoms with Crippen molar-refractivity contribution < 1.29 is 0 Å². The van der Waals surface area contributed by atoms with E-state index in [1.807, 2.05) is 0 Å². The molecule has 0 aliphatic carbocycles. The van der Waals surface area contributed by atoms with Crippen molar-refractivity contribution in [2.24, 2.45) is 0 Å². The number of hydrogen-bond donors (Lipinski definition) is 0. The molecule has 0 spiro atoms. The van der Waals surface area contributed by atoms with Gasteiger partial charge in [-0.1, -0.05) is 12.1 Å². The number of rotatable bonds is 2. The first-order valence-electron chi connectivity index (χ1n) is 7.18. The fraction of sp³-hybridized carbons (Fsp3) is 0.0526. The molecule has 0 saturated carbocycles. The number of benzene rings is 3. The van der Waals surface area contributed by atoms with Crippen molar-refractivity contribution in [1.82, 2.24) is 0 Å². The van der Waals surface area contributed by atoms with Crippen LogP contribution in [-0.4, -0.2) is 0 Å². The Bertz CT molecular complexity index is 935. The zero-order chi connectivity index (χ0) is 18.3. The molecule has 0 heterocycles. The van der Waals surface area contributed by atoms with Gasteiger partial charge in [-0.15, -0.1) is 0 Å². The predicted octanol–water partition coefficient (Wildman–Crippen LogP) is 8.96. The minimum Gasteiger partial charge on any atom is -0.0526 e. The van der Waals surface area contributed by atoms with Crippen LogP contribution in [0.2, 0.25) is 0 Å². The maximum atomic E-state index is 2.50. The SMILES string of the molecule is Cc1cc(I)c(-c2ccc(-c3cc(I)cc(I)c3)c(I)c2I)c(I)c1. The Labute approximate surface area is 229 Å². The summed E-state index contributed by atoms with van der Waals surface area (Å²) in [5, 5.41) is 0. The fourth-order valence-corrected chi connectivity index (χ4v) is 8.75. The zero-order valence-corrected chi connectivity index (χ0v) is 25.8. The summed E-state index contributed by atoms with van der Waals surface area (Å²) >= 11 is 14.7. The van der Waals surface area contributed by atoms with E-state index in [0.29, 0.717) is 0 Å². The Morgan fingerprint density at radius 1 is 0.600 bits per heavy atom. The van der Waals surface area contributed by atoms with Gasteiger partial charge in [0.15, 0.2) is 0 Å². The van der Waals surface area contributed by atoms with Gasteiger partial charge in [-0.05, 0) is 195 Å². The molecule has 0 fully saturated rings. The maximum Gasteiger partial charge on any atom is 0.0349 e. The van der Waals surface area contributed by atoms with Crippen LogP contribution in [0.25, 0.3) is 22.3 Å². The van der Waals surface area contributed by atoms with Crippen LogP contribution in [0, 0.1) is 28.3 Å². The van der Waals surface area contributed by atoms with Crippen LogP contribution in [0.3, 0.4) is 0 Å². The molecular weight excluding hydrogens is 990 g/mol. The minimum atomic E-state index is 1.28. The first kappa shape index (κ1) is 21.7. The highest BCUT2D eigenvalue weighted by atomic mass is 127. The van der Waals surface area contributed by atoms with Gasteiger partial charge in [-0.2, -0.15) is 0 Å². The average molecular weight is 1000 g/mol. The van der Waals surface area contributed by atoms with Crippen LogP contribution in [-0.2, 0) is 0 Å². The monoisotopic (exact) mass is 1000 g/mol. The third kappa shape index (κ3) is 4.97. The lowest BCUT2D eigenvalue weighted by atomic mass is 10.00. The molecule has 0 saturated heterocycles. The fourth-order valence-electron chi connectivity index (χ4n) is 2.63. The topological polar surface area (TPSA) is 0 Å². The summed E-state index contributed by atoms with van der Waals surface area (Å²) in [5.74, 6) is 0. The summed E-state index contributed by atoms with van der Waals surface area (Å²) in [7, 11) is 0. The highest BCUT2D eigenvalue weighted by Crippen LogP contribution is 2.39. The van der Waals surface area contributed by atoms with E-state index < -0.39 is 0 Å². The minimum absolute atomic E-state index is 1.28. The van der Waals surface area contributed by atoms with Gasteiger partial charge in [0.2, 0.25) is 0 Å². The molecule has 6 heteroatoms. The Morgan fingerprint density at radius 3 is 1.64 bits per heavy atom. The van der Waals surface area contributed by atoms with E-state index >= 15 is 0 Å².